The van der Waals surface area contributed by atoms with Gasteiger partial charge in [0.25, 0.3) is 5.91 Å². The molecule has 1 saturated heterocycles. The minimum Gasteiger partial charge on any atom is -0.378 e. The number of morpholine rings is 1. The summed E-state index contributed by atoms with van der Waals surface area (Å²) < 4.78 is 6.88. The number of likely N-dealkylation sites (N-methyl/N-ethyl adjacent to an activating group) is 1. The number of hydrogen-bond acceptors (Lipinski definition) is 6. The van der Waals surface area contributed by atoms with Crippen LogP contribution in [0.1, 0.15) is 16.2 Å². The Morgan fingerprint density at radius 2 is 2.00 bits per heavy atom. The van der Waals surface area contributed by atoms with Gasteiger partial charge in [-0.3, -0.25) is 14.6 Å². The molecule has 0 radical (unpaired) electrons. The van der Waals surface area contributed by atoms with Gasteiger partial charge in [-0.2, -0.15) is 0 Å². The van der Waals surface area contributed by atoms with Gasteiger partial charge in [0.05, 0.1) is 36.7 Å². The van der Waals surface area contributed by atoms with Gasteiger partial charge in [0.15, 0.2) is 5.69 Å². The summed E-state index contributed by atoms with van der Waals surface area (Å²) in [5.41, 5.74) is 2.52. The second-order valence-electron chi connectivity index (χ2n) is 6.97. The quantitative estimate of drug-likeness (QED) is 0.657. The lowest BCUT2D eigenvalue weighted by atomic mass is 10.2. The number of fused-ring (bicyclic) bond motifs is 1. The summed E-state index contributed by atoms with van der Waals surface area (Å²) in [5, 5.41) is 9.20. The van der Waals surface area contributed by atoms with Crippen molar-refractivity contribution < 1.29 is 14.3 Å². The van der Waals surface area contributed by atoms with Crippen LogP contribution in [0.5, 0.6) is 0 Å². The van der Waals surface area contributed by atoms with Crippen molar-refractivity contribution in [3.63, 3.8) is 0 Å². The molecule has 0 N–H and O–H groups in total. The molecular weight excluding hydrogens is 372 g/mol. The average molecular weight is 394 g/mol. The summed E-state index contributed by atoms with van der Waals surface area (Å²) in [6.45, 7) is 3.93. The number of ether oxygens (including phenoxy) is 1. The van der Waals surface area contributed by atoms with Gasteiger partial charge in [0.2, 0.25) is 5.91 Å². The minimum absolute atomic E-state index is 0.00717. The average Bonchev–Trinajstić information content (AvgIpc) is 3.14. The molecular formula is C20H22N6O3. The van der Waals surface area contributed by atoms with Crippen LogP contribution in [0.3, 0.4) is 0 Å². The molecule has 9 nitrogen and oxygen atoms in total. The Labute approximate surface area is 167 Å². The Morgan fingerprint density at radius 1 is 1.21 bits per heavy atom. The maximum atomic E-state index is 12.8. The number of amides is 2. The predicted octanol–water partition coefficient (Wildman–Crippen LogP) is 1.05. The van der Waals surface area contributed by atoms with Gasteiger partial charge in [-0.1, -0.05) is 11.3 Å². The van der Waals surface area contributed by atoms with Crippen LogP contribution in [-0.2, 0) is 9.53 Å². The summed E-state index contributed by atoms with van der Waals surface area (Å²) in [5.74, 6) is -0.436. The zero-order valence-corrected chi connectivity index (χ0v) is 16.4. The number of rotatable bonds is 4. The van der Waals surface area contributed by atoms with Gasteiger partial charge in [-0.05, 0) is 31.2 Å². The molecule has 3 aromatic rings. The monoisotopic (exact) mass is 394 g/mol. The molecule has 2 aromatic heterocycles. The lowest BCUT2D eigenvalue weighted by Gasteiger charge is -2.28. The standard InChI is InChI=1S/C20H22N6O3/c1-14-19(20(28)24(2)13-18(27)25-8-10-29-11-9-25)22-23-26(14)16-5-6-17-15(12-16)4-3-7-21-17/h3-7,12H,8-11,13H2,1-2H3. The van der Waals surface area contributed by atoms with E-state index in [1.807, 2.05) is 30.3 Å². The number of benzene rings is 1. The zero-order chi connectivity index (χ0) is 20.4. The first-order chi connectivity index (χ1) is 14.0. The molecule has 0 spiro atoms. The molecule has 150 valence electrons. The maximum absolute atomic E-state index is 12.8. The fraction of sp³-hybridized carbons (Fsp3) is 0.350. The number of pyridine rings is 1. The van der Waals surface area contributed by atoms with Crippen LogP contribution in [0.4, 0.5) is 0 Å². The molecule has 1 fully saturated rings. The van der Waals surface area contributed by atoms with E-state index in [0.717, 1.165) is 16.6 Å². The normalized spacial score (nSPS) is 14.2. The minimum atomic E-state index is -0.335. The highest BCUT2D eigenvalue weighted by Crippen LogP contribution is 2.18. The Morgan fingerprint density at radius 3 is 2.79 bits per heavy atom. The third-order valence-corrected chi connectivity index (χ3v) is 5.01. The lowest BCUT2D eigenvalue weighted by molar-refractivity contribution is -0.135. The fourth-order valence-corrected chi connectivity index (χ4v) is 3.34. The molecule has 1 aliphatic rings. The highest BCUT2D eigenvalue weighted by molar-refractivity contribution is 5.95. The molecule has 0 atom stereocenters. The van der Waals surface area contributed by atoms with Crippen LogP contribution in [0.2, 0.25) is 0 Å². The SMILES string of the molecule is Cc1c(C(=O)N(C)CC(=O)N2CCOCC2)nnn1-c1ccc2ncccc2c1. The summed E-state index contributed by atoms with van der Waals surface area (Å²) in [7, 11) is 1.60. The van der Waals surface area contributed by atoms with Crippen LogP contribution < -0.4 is 0 Å². The Kier molecular flexibility index (Phi) is 5.22. The van der Waals surface area contributed by atoms with Crippen LogP contribution in [0, 0.1) is 6.92 Å². The fourth-order valence-electron chi connectivity index (χ4n) is 3.34. The molecule has 0 aliphatic carbocycles. The molecule has 0 bridgehead atoms. The van der Waals surface area contributed by atoms with Crippen LogP contribution in [0.15, 0.2) is 36.5 Å². The first-order valence-corrected chi connectivity index (χ1v) is 9.43. The highest BCUT2D eigenvalue weighted by Gasteiger charge is 2.25. The van der Waals surface area contributed by atoms with E-state index in [-0.39, 0.29) is 24.1 Å². The van der Waals surface area contributed by atoms with Crippen molar-refractivity contribution in [2.24, 2.45) is 0 Å². The van der Waals surface area contributed by atoms with Gasteiger partial charge in [0, 0.05) is 31.7 Å². The van der Waals surface area contributed by atoms with E-state index in [0.29, 0.717) is 32.0 Å². The van der Waals surface area contributed by atoms with Crippen LogP contribution >= 0.6 is 0 Å². The number of carbonyl (C=O) groups is 2. The van der Waals surface area contributed by atoms with E-state index in [2.05, 4.69) is 15.3 Å². The first kappa shape index (κ1) is 19.0. The van der Waals surface area contributed by atoms with Crippen molar-refractivity contribution in [1.82, 2.24) is 29.8 Å². The zero-order valence-electron chi connectivity index (χ0n) is 16.4. The molecule has 29 heavy (non-hydrogen) atoms. The number of carbonyl (C=O) groups excluding carboxylic acids is 2. The second-order valence-corrected chi connectivity index (χ2v) is 6.97. The van der Waals surface area contributed by atoms with Gasteiger partial charge in [-0.25, -0.2) is 4.68 Å². The van der Waals surface area contributed by atoms with E-state index >= 15 is 0 Å². The summed E-state index contributed by atoms with van der Waals surface area (Å²) in [6, 6.07) is 9.58. The third-order valence-electron chi connectivity index (χ3n) is 5.01. The van der Waals surface area contributed by atoms with Gasteiger partial charge in [0.1, 0.15) is 0 Å². The largest absolute Gasteiger partial charge is 0.378 e. The summed E-state index contributed by atoms with van der Waals surface area (Å²) in [4.78, 5) is 32.7. The third kappa shape index (κ3) is 3.81. The molecule has 0 saturated carbocycles. The van der Waals surface area contributed by atoms with E-state index in [1.54, 1.807) is 29.7 Å². The second kappa shape index (κ2) is 7.96. The molecule has 4 rings (SSSR count). The first-order valence-electron chi connectivity index (χ1n) is 9.43. The van der Waals surface area contributed by atoms with E-state index in [4.69, 9.17) is 4.74 Å². The van der Waals surface area contributed by atoms with Crippen molar-refractivity contribution in [2.45, 2.75) is 6.92 Å². The van der Waals surface area contributed by atoms with Gasteiger partial charge < -0.3 is 14.5 Å². The van der Waals surface area contributed by atoms with Crippen LogP contribution in [0.25, 0.3) is 16.6 Å². The molecule has 0 unspecified atom stereocenters. The Balaban J connectivity index is 1.52. The van der Waals surface area contributed by atoms with Gasteiger partial charge >= 0.3 is 0 Å². The highest BCUT2D eigenvalue weighted by atomic mass is 16.5. The number of hydrogen-bond donors (Lipinski definition) is 0. The van der Waals surface area contributed by atoms with Crippen molar-refractivity contribution in [1.29, 1.82) is 0 Å². The lowest BCUT2D eigenvalue weighted by Crippen LogP contribution is -2.46. The van der Waals surface area contributed by atoms with E-state index < -0.39 is 0 Å². The van der Waals surface area contributed by atoms with Crippen LogP contribution in [-0.4, -0.2) is 81.5 Å². The number of aromatic nitrogens is 4. The number of nitrogens with zero attached hydrogens (tertiary/aromatic N) is 6. The van der Waals surface area contributed by atoms with Crippen molar-refractivity contribution in [3.8, 4) is 5.69 Å². The predicted molar refractivity (Wildman–Crippen MR) is 106 cm³/mol. The van der Waals surface area contributed by atoms with E-state index in [1.165, 1.54) is 4.90 Å². The molecule has 3 heterocycles. The molecule has 2 amide bonds. The molecule has 9 heteroatoms. The Bertz CT molecular complexity index is 1060. The topological polar surface area (TPSA) is 93.5 Å². The van der Waals surface area contributed by atoms with Crippen molar-refractivity contribution in [3.05, 3.63) is 47.9 Å². The van der Waals surface area contributed by atoms with Crippen molar-refractivity contribution in [2.75, 3.05) is 39.9 Å². The van der Waals surface area contributed by atoms with Crippen molar-refractivity contribution >= 4 is 22.7 Å². The maximum Gasteiger partial charge on any atom is 0.276 e. The Hall–Kier alpha value is -3.33. The smallest absolute Gasteiger partial charge is 0.276 e. The van der Waals surface area contributed by atoms with Gasteiger partial charge in [-0.15, -0.1) is 5.10 Å². The van der Waals surface area contributed by atoms with E-state index in [9.17, 15) is 9.59 Å². The summed E-state index contributed by atoms with van der Waals surface area (Å²) >= 11 is 0. The molecule has 1 aliphatic heterocycles. The summed E-state index contributed by atoms with van der Waals surface area (Å²) in [6.07, 6.45) is 1.74. The molecule has 1 aromatic carbocycles.